The van der Waals surface area contributed by atoms with Gasteiger partial charge in [0.05, 0.1) is 29.5 Å². The highest BCUT2D eigenvalue weighted by atomic mass is 16.5. The molecule has 7 nitrogen and oxygen atoms in total. The fourth-order valence-corrected chi connectivity index (χ4v) is 4.73. The number of aromatic nitrogens is 3. The molecule has 174 valence electrons. The molecule has 1 aliphatic carbocycles. The van der Waals surface area contributed by atoms with Crippen molar-refractivity contribution in [2.24, 2.45) is 5.92 Å². The normalized spacial score (nSPS) is 23.9. The average Bonchev–Trinajstić information content (AvgIpc) is 3.43. The van der Waals surface area contributed by atoms with Crippen molar-refractivity contribution in [3.8, 4) is 11.3 Å². The summed E-state index contributed by atoms with van der Waals surface area (Å²) in [6.07, 6.45) is 8.83. The molecule has 0 aromatic carbocycles. The maximum atomic E-state index is 12.2. The van der Waals surface area contributed by atoms with Gasteiger partial charge in [-0.05, 0) is 51.4 Å². The molecule has 1 aliphatic heterocycles. The number of amides is 1. The van der Waals surface area contributed by atoms with Gasteiger partial charge in [-0.1, -0.05) is 25.9 Å². The zero-order valence-electron chi connectivity index (χ0n) is 19.8. The van der Waals surface area contributed by atoms with E-state index in [1.807, 2.05) is 19.2 Å². The summed E-state index contributed by atoms with van der Waals surface area (Å²) in [6, 6.07) is 1.95. The Kier molecular flexibility index (Phi) is 6.93. The Balaban J connectivity index is 1.40. The van der Waals surface area contributed by atoms with Gasteiger partial charge in [0.25, 0.3) is 0 Å². The smallest absolute Gasteiger partial charge is 0.222 e. The summed E-state index contributed by atoms with van der Waals surface area (Å²) < 4.78 is 11.1. The van der Waals surface area contributed by atoms with Crippen molar-refractivity contribution in [3.63, 3.8) is 0 Å². The number of ether oxygens (including phenoxy) is 1. The van der Waals surface area contributed by atoms with Gasteiger partial charge in [0.1, 0.15) is 5.82 Å². The van der Waals surface area contributed by atoms with Crippen LogP contribution in [0.3, 0.4) is 0 Å². The zero-order valence-corrected chi connectivity index (χ0v) is 19.8. The lowest BCUT2D eigenvalue weighted by molar-refractivity contribution is -0.123. The number of hydrogen-bond donors (Lipinski definition) is 1. The second kappa shape index (κ2) is 9.69. The third-order valence-electron chi connectivity index (χ3n) is 6.64. The minimum Gasteiger partial charge on any atom is -0.378 e. The fourth-order valence-electron chi connectivity index (χ4n) is 4.73. The number of aryl methyl sites for hydroxylation is 1. The highest BCUT2D eigenvalue weighted by Crippen LogP contribution is 2.39. The van der Waals surface area contributed by atoms with E-state index >= 15 is 0 Å². The maximum Gasteiger partial charge on any atom is 0.222 e. The average molecular weight is 441 g/mol. The molecule has 0 unspecified atom stereocenters. The highest BCUT2D eigenvalue weighted by molar-refractivity contribution is 5.76. The molecule has 1 N–H and O–H groups in total. The predicted octanol–water partition coefficient (Wildman–Crippen LogP) is 4.70. The molecule has 7 heteroatoms. The van der Waals surface area contributed by atoms with Gasteiger partial charge in [-0.3, -0.25) is 4.79 Å². The molecule has 0 bridgehead atoms. The van der Waals surface area contributed by atoms with Crippen molar-refractivity contribution in [2.75, 3.05) is 13.2 Å². The summed E-state index contributed by atoms with van der Waals surface area (Å²) in [4.78, 5) is 21.9. The van der Waals surface area contributed by atoms with Crippen LogP contribution in [0.5, 0.6) is 0 Å². The SMILES string of the molecule is Cc1cc(-c2cnc(C(C)(C)C)nc2C2CCC(CNC(=O)C[C@@H]3CCCO3)CC2)on1. The minimum atomic E-state index is -0.116. The Labute approximate surface area is 190 Å². The zero-order chi connectivity index (χ0) is 22.7. The summed E-state index contributed by atoms with van der Waals surface area (Å²) in [5, 5.41) is 7.20. The first-order valence-electron chi connectivity index (χ1n) is 12.0. The van der Waals surface area contributed by atoms with E-state index in [9.17, 15) is 4.79 Å². The number of carbonyl (C=O) groups excluding carboxylic acids is 1. The standard InChI is InChI=1S/C25H36N4O3/c1-16-12-21(32-29-16)20-15-27-24(25(2,3)4)28-23(20)18-9-7-17(8-10-18)14-26-22(30)13-19-6-5-11-31-19/h12,15,17-19H,5-11,13-14H2,1-4H3,(H,26,30)/t17?,18?,19-/m0/s1. The minimum absolute atomic E-state index is 0.110. The van der Waals surface area contributed by atoms with Gasteiger partial charge in [0.2, 0.25) is 5.91 Å². The Morgan fingerprint density at radius 3 is 2.59 bits per heavy atom. The van der Waals surface area contributed by atoms with Crippen molar-refractivity contribution in [1.29, 1.82) is 0 Å². The third-order valence-corrected chi connectivity index (χ3v) is 6.64. The van der Waals surface area contributed by atoms with Gasteiger partial charge >= 0.3 is 0 Å². The first-order chi connectivity index (χ1) is 15.3. The number of nitrogens with zero attached hydrogens (tertiary/aromatic N) is 3. The summed E-state index contributed by atoms with van der Waals surface area (Å²) in [5.74, 6) is 2.59. The molecule has 3 heterocycles. The van der Waals surface area contributed by atoms with Crippen LogP contribution in [0, 0.1) is 12.8 Å². The molecule has 2 aromatic rings. The van der Waals surface area contributed by atoms with Gasteiger partial charge in [0, 0.05) is 36.7 Å². The maximum absolute atomic E-state index is 12.2. The molecule has 1 atom stereocenters. The van der Waals surface area contributed by atoms with Gasteiger partial charge in [-0.15, -0.1) is 0 Å². The van der Waals surface area contributed by atoms with Gasteiger partial charge in [-0.25, -0.2) is 9.97 Å². The Morgan fingerprint density at radius 1 is 1.19 bits per heavy atom. The van der Waals surface area contributed by atoms with Crippen molar-refractivity contribution >= 4 is 5.91 Å². The van der Waals surface area contributed by atoms with E-state index in [0.717, 1.165) is 80.2 Å². The number of nitrogens with one attached hydrogen (secondary N) is 1. The molecular weight excluding hydrogens is 404 g/mol. The van der Waals surface area contributed by atoms with E-state index in [2.05, 4.69) is 36.2 Å². The number of rotatable bonds is 6. The molecule has 0 radical (unpaired) electrons. The lowest BCUT2D eigenvalue weighted by atomic mass is 9.79. The van der Waals surface area contributed by atoms with Crippen molar-refractivity contribution in [2.45, 2.75) is 90.1 Å². The second-order valence-electron chi connectivity index (χ2n) is 10.4. The Bertz CT molecular complexity index is 920. The van der Waals surface area contributed by atoms with Crippen molar-refractivity contribution < 1.29 is 14.1 Å². The lowest BCUT2D eigenvalue weighted by Crippen LogP contribution is -2.33. The molecule has 0 spiro atoms. The van der Waals surface area contributed by atoms with Crippen molar-refractivity contribution in [3.05, 3.63) is 29.5 Å². The van der Waals surface area contributed by atoms with Crippen LogP contribution in [-0.4, -0.2) is 40.3 Å². The number of hydrogen-bond acceptors (Lipinski definition) is 6. The molecule has 1 saturated heterocycles. The summed E-state index contributed by atoms with van der Waals surface area (Å²) in [5.41, 5.74) is 2.76. The summed E-state index contributed by atoms with van der Waals surface area (Å²) in [6.45, 7) is 9.89. The van der Waals surface area contributed by atoms with Crippen LogP contribution in [0.1, 0.15) is 88.8 Å². The monoisotopic (exact) mass is 440 g/mol. The molecular formula is C25H36N4O3. The fraction of sp³-hybridized carbons (Fsp3) is 0.680. The second-order valence-corrected chi connectivity index (χ2v) is 10.4. The quantitative estimate of drug-likeness (QED) is 0.700. The van der Waals surface area contributed by atoms with E-state index in [0.29, 0.717) is 18.3 Å². The third kappa shape index (κ3) is 5.55. The molecule has 2 fully saturated rings. The van der Waals surface area contributed by atoms with Crippen molar-refractivity contribution in [1.82, 2.24) is 20.4 Å². The topological polar surface area (TPSA) is 90.1 Å². The Hall–Kier alpha value is -2.28. The molecule has 1 saturated carbocycles. The van der Waals surface area contributed by atoms with E-state index < -0.39 is 0 Å². The molecule has 1 amide bonds. The largest absolute Gasteiger partial charge is 0.378 e. The predicted molar refractivity (Wildman–Crippen MR) is 122 cm³/mol. The lowest BCUT2D eigenvalue weighted by Gasteiger charge is -2.30. The van der Waals surface area contributed by atoms with Crippen LogP contribution >= 0.6 is 0 Å². The van der Waals surface area contributed by atoms with Gasteiger partial charge in [-0.2, -0.15) is 0 Å². The molecule has 2 aromatic heterocycles. The van der Waals surface area contributed by atoms with E-state index in [1.165, 1.54) is 0 Å². The number of carbonyl (C=O) groups is 1. The first kappa shape index (κ1) is 22.9. The van der Waals surface area contributed by atoms with Gasteiger partial charge in [0.15, 0.2) is 5.76 Å². The van der Waals surface area contributed by atoms with E-state index in [1.54, 1.807) is 0 Å². The van der Waals surface area contributed by atoms with E-state index in [4.69, 9.17) is 14.2 Å². The first-order valence-corrected chi connectivity index (χ1v) is 12.0. The van der Waals surface area contributed by atoms with Gasteiger partial charge < -0.3 is 14.6 Å². The van der Waals surface area contributed by atoms with E-state index in [-0.39, 0.29) is 17.4 Å². The molecule has 32 heavy (non-hydrogen) atoms. The molecule has 2 aliphatic rings. The van der Waals surface area contributed by atoms with Crippen LogP contribution < -0.4 is 5.32 Å². The Morgan fingerprint density at radius 2 is 1.97 bits per heavy atom. The van der Waals surface area contributed by atoms with Crippen LogP contribution in [0.25, 0.3) is 11.3 Å². The highest BCUT2D eigenvalue weighted by Gasteiger charge is 2.29. The molecule has 4 rings (SSSR count). The summed E-state index contributed by atoms with van der Waals surface area (Å²) in [7, 11) is 0. The van der Waals surface area contributed by atoms with Crippen LogP contribution in [-0.2, 0) is 14.9 Å². The van der Waals surface area contributed by atoms with Crippen LogP contribution in [0.2, 0.25) is 0 Å². The summed E-state index contributed by atoms with van der Waals surface area (Å²) >= 11 is 0. The van der Waals surface area contributed by atoms with Crippen LogP contribution in [0.15, 0.2) is 16.8 Å². The van der Waals surface area contributed by atoms with Crippen LogP contribution in [0.4, 0.5) is 0 Å².